The van der Waals surface area contributed by atoms with Gasteiger partial charge in [-0.05, 0) is 17.7 Å². The van der Waals surface area contributed by atoms with Crippen molar-refractivity contribution in [2.45, 2.75) is 0 Å². The average molecular weight is 309 g/mol. The third kappa shape index (κ3) is 2.29. The predicted octanol–water partition coefficient (Wildman–Crippen LogP) is 4.04. The Hall–Kier alpha value is -1.68. The Morgan fingerprint density at radius 1 is 1.17 bits per heavy atom. The number of carbonyl (C=O) groups excluding carboxylic acids is 1. The van der Waals surface area contributed by atoms with Crippen molar-refractivity contribution in [1.82, 2.24) is 0 Å². The smallest absolute Gasteiger partial charge is 0.340 e. The van der Waals surface area contributed by atoms with Crippen LogP contribution in [0.25, 0.3) is 11.1 Å². The molecule has 2 nitrogen and oxygen atoms in total. The van der Waals surface area contributed by atoms with Gasteiger partial charge in [-0.1, -0.05) is 46.3 Å². The van der Waals surface area contributed by atoms with Crippen LogP contribution in [0.4, 0.5) is 4.39 Å². The second kappa shape index (κ2) is 5.31. The van der Waals surface area contributed by atoms with Crippen molar-refractivity contribution in [3.8, 4) is 11.1 Å². The van der Waals surface area contributed by atoms with Crippen LogP contribution in [-0.2, 0) is 4.74 Å². The maximum atomic E-state index is 14.3. The molecule has 0 spiro atoms. The van der Waals surface area contributed by atoms with Crippen LogP contribution in [0.3, 0.4) is 0 Å². The molecule has 18 heavy (non-hydrogen) atoms. The molecule has 0 heterocycles. The lowest BCUT2D eigenvalue weighted by molar-refractivity contribution is 0.0595. The van der Waals surface area contributed by atoms with Crippen molar-refractivity contribution in [2.24, 2.45) is 0 Å². The maximum absolute atomic E-state index is 14.3. The first-order valence-electron chi connectivity index (χ1n) is 5.27. The third-order valence-corrected chi connectivity index (χ3v) is 3.22. The zero-order chi connectivity index (χ0) is 13.1. The average Bonchev–Trinajstić information content (AvgIpc) is 2.39. The lowest BCUT2D eigenvalue weighted by Crippen LogP contribution is -2.05. The zero-order valence-electron chi connectivity index (χ0n) is 9.61. The highest BCUT2D eigenvalue weighted by atomic mass is 79.9. The summed E-state index contributed by atoms with van der Waals surface area (Å²) in [6.45, 7) is 0. The molecular formula is C14H10BrFO2. The SMILES string of the molecule is COC(=O)c1ccc(Br)c(-c2ccccc2)c1F. The lowest BCUT2D eigenvalue weighted by Gasteiger charge is -2.09. The summed E-state index contributed by atoms with van der Waals surface area (Å²) in [5, 5.41) is 0. The summed E-state index contributed by atoms with van der Waals surface area (Å²) in [5.74, 6) is -1.26. The van der Waals surface area contributed by atoms with E-state index in [4.69, 9.17) is 0 Å². The molecule has 4 heteroatoms. The lowest BCUT2D eigenvalue weighted by atomic mass is 10.0. The van der Waals surface area contributed by atoms with Crippen molar-refractivity contribution in [2.75, 3.05) is 7.11 Å². The first-order chi connectivity index (χ1) is 8.65. The molecule has 0 fully saturated rings. The molecule has 0 aliphatic heterocycles. The fraction of sp³-hybridized carbons (Fsp3) is 0.0714. The van der Waals surface area contributed by atoms with E-state index in [9.17, 15) is 9.18 Å². The quantitative estimate of drug-likeness (QED) is 0.783. The highest BCUT2D eigenvalue weighted by Crippen LogP contribution is 2.32. The number of ether oxygens (including phenoxy) is 1. The Morgan fingerprint density at radius 3 is 2.44 bits per heavy atom. The molecule has 2 aromatic carbocycles. The summed E-state index contributed by atoms with van der Waals surface area (Å²) in [6, 6.07) is 12.1. The minimum absolute atomic E-state index is 0.0699. The van der Waals surface area contributed by atoms with Gasteiger partial charge in [-0.25, -0.2) is 9.18 Å². The molecule has 0 amide bonds. The Morgan fingerprint density at radius 2 is 1.83 bits per heavy atom. The van der Waals surface area contributed by atoms with Gasteiger partial charge in [0.25, 0.3) is 0 Å². The Kier molecular flexibility index (Phi) is 3.77. The molecule has 0 N–H and O–H groups in total. The van der Waals surface area contributed by atoms with Gasteiger partial charge >= 0.3 is 5.97 Å². The predicted molar refractivity (Wildman–Crippen MR) is 70.9 cm³/mol. The summed E-state index contributed by atoms with van der Waals surface area (Å²) in [4.78, 5) is 11.5. The topological polar surface area (TPSA) is 26.3 Å². The molecule has 0 aliphatic rings. The maximum Gasteiger partial charge on any atom is 0.340 e. The van der Waals surface area contributed by atoms with E-state index >= 15 is 0 Å². The van der Waals surface area contributed by atoms with E-state index in [0.717, 1.165) is 0 Å². The second-order valence-electron chi connectivity index (χ2n) is 3.64. The highest BCUT2D eigenvalue weighted by molar-refractivity contribution is 9.10. The highest BCUT2D eigenvalue weighted by Gasteiger charge is 2.18. The van der Waals surface area contributed by atoms with Crippen LogP contribution >= 0.6 is 15.9 Å². The standard InChI is InChI=1S/C14H10BrFO2/c1-18-14(17)10-7-8-11(15)12(13(10)16)9-5-3-2-4-6-9/h2-8H,1H3. The molecule has 0 aliphatic carbocycles. The normalized spacial score (nSPS) is 10.2. The van der Waals surface area contributed by atoms with Gasteiger partial charge in [0.15, 0.2) is 0 Å². The van der Waals surface area contributed by atoms with Crippen molar-refractivity contribution >= 4 is 21.9 Å². The second-order valence-corrected chi connectivity index (χ2v) is 4.50. The van der Waals surface area contributed by atoms with E-state index in [0.29, 0.717) is 15.6 Å². The first-order valence-corrected chi connectivity index (χ1v) is 6.06. The van der Waals surface area contributed by atoms with Crippen molar-refractivity contribution < 1.29 is 13.9 Å². The molecule has 0 bridgehead atoms. The summed E-state index contributed by atoms with van der Waals surface area (Å²) in [5.41, 5.74) is 0.991. The molecule has 0 saturated carbocycles. The van der Waals surface area contributed by atoms with Crippen LogP contribution in [0, 0.1) is 5.82 Å². The number of halogens is 2. The number of rotatable bonds is 2. The van der Waals surface area contributed by atoms with Crippen LogP contribution in [0.1, 0.15) is 10.4 Å². The van der Waals surface area contributed by atoms with Crippen LogP contribution in [0.15, 0.2) is 46.9 Å². The minimum atomic E-state index is -0.683. The number of methoxy groups -OCH3 is 1. The van der Waals surface area contributed by atoms with E-state index in [2.05, 4.69) is 20.7 Å². The van der Waals surface area contributed by atoms with E-state index in [1.807, 2.05) is 18.2 Å². The van der Waals surface area contributed by atoms with Gasteiger partial charge in [-0.15, -0.1) is 0 Å². The Balaban J connectivity index is 2.64. The molecule has 92 valence electrons. The number of hydrogen-bond donors (Lipinski definition) is 0. The monoisotopic (exact) mass is 308 g/mol. The molecule has 0 aromatic heterocycles. The van der Waals surface area contributed by atoms with Gasteiger partial charge in [-0.3, -0.25) is 0 Å². The number of benzene rings is 2. The molecule has 0 atom stereocenters. The third-order valence-electron chi connectivity index (χ3n) is 2.56. The largest absolute Gasteiger partial charge is 0.465 e. The fourth-order valence-corrected chi connectivity index (χ4v) is 2.22. The van der Waals surface area contributed by atoms with Crippen LogP contribution < -0.4 is 0 Å². The summed E-state index contributed by atoms with van der Waals surface area (Å²) < 4.78 is 19.5. The van der Waals surface area contributed by atoms with Gasteiger partial charge in [-0.2, -0.15) is 0 Å². The van der Waals surface area contributed by atoms with Crippen molar-refractivity contribution in [1.29, 1.82) is 0 Å². The molecular weight excluding hydrogens is 299 g/mol. The van der Waals surface area contributed by atoms with Gasteiger partial charge in [0.1, 0.15) is 5.82 Å². The summed E-state index contributed by atoms with van der Waals surface area (Å²) in [6.07, 6.45) is 0. The zero-order valence-corrected chi connectivity index (χ0v) is 11.2. The molecule has 2 rings (SSSR count). The van der Waals surface area contributed by atoms with E-state index < -0.39 is 11.8 Å². The molecule has 0 radical (unpaired) electrons. The van der Waals surface area contributed by atoms with Gasteiger partial charge in [0.2, 0.25) is 0 Å². The summed E-state index contributed by atoms with van der Waals surface area (Å²) in [7, 11) is 1.23. The van der Waals surface area contributed by atoms with E-state index in [-0.39, 0.29) is 5.56 Å². The van der Waals surface area contributed by atoms with Gasteiger partial charge in [0, 0.05) is 10.0 Å². The van der Waals surface area contributed by atoms with Crippen LogP contribution in [0.5, 0.6) is 0 Å². The van der Waals surface area contributed by atoms with Gasteiger partial charge < -0.3 is 4.74 Å². The molecule has 0 saturated heterocycles. The molecule has 2 aromatic rings. The van der Waals surface area contributed by atoms with Crippen molar-refractivity contribution in [3.05, 3.63) is 58.3 Å². The van der Waals surface area contributed by atoms with Gasteiger partial charge in [0.05, 0.1) is 12.7 Å². The van der Waals surface area contributed by atoms with E-state index in [1.165, 1.54) is 13.2 Å². The molecule has 0 unspecified atom stereocenters. The first kappa shape index (κ1) is 12.8. The van der Waals surface area contributed by atoms with Crippen LogP contribution in [-0.4, -0.2) is 13.1 Å². The number of hydrogen-bond acceptors (Lipinski definition) is 2. The number of carbonyl (C=O) groups is 1. The Bertz CT molecular complexity index is 582. The summed E-state index contributed by atoms with van der Waals surface area (Å²) >= 11 is 3.30. The van der Waals surface area contributed by atoms with Crippen molar-refractivity contribution in [3.63, 3.8) is 0 Å². The van der Waals surface area contributed by atoms with Crippen LogP contribution in [0.2, 0.25) is 0 Å². The Labute approximate surface area is 113 Å². The number of esters is 1. The fourth-order valence-electron chi connectivity index (χ4n) is 1.69. The van der Waals surface area contributed by atoms with E-state index in [1.54, 1.807) is 18.2 Å². The minimum Gasteiger partial charge on any atom is -0.465 e.